The van der Waals surface area contributed by atoms with Gasteiger partial charge in [0.1, 0.15) is 34.5 Å². The smallest absolute Gasteiger partial charge is 0.314 e. The third-order valence-electron chi connectivity index (χ3n) is 4.26. The van der Waals surface area contributed by atoms with Crippen LogP contribution in [0.4, 0.5) is 0 Å². The van der Waals surface area contributed by atoms with Crippen molar-refractivity contribution in [3.05, 3.63) is 52.9 Å². The first-order valence-electron chi connectivity index (χ1n) is 8.93. The summed E-state index contributed by atoms with van der Waals surface area (Å²) in [7, 11) is 1.56. The number of methoxy groups -OCH3 is 1. The molecular weight excluding hydrogens is 376 g/mol. The average molecular weight is 398 g/mol. The van der Waals surface area contributed by atoms with Crippen LogP contribution in [0.3, 0.4) is 0 Å². The fourth-order valence-corrected chi connectivity index (χ4v) is 2.63. The van der Waals surface area contributed by atoms with Gasteiger partial charge in [0.25, 0.3) is 0 Å². The van der Waals surface area contributed by atoms with Crippen molar-refractivity contribution in [1.29, 1.82) is 0 Å². The SMILES string of the molecule is COc1ccc(-c2coc3cc(OCOC(=O)C(C)(C)C)cc(O)c3c2=O)cc1. The minimum atomic E-state index is -0.653. The summed E-state index contributed by atoms with van der Waals surface area (Å²) in [5, 5.41) is 10.4. The quantitative estimate of drug-likeness (QED) is 0.511. The second-order valence-electron chi connectivity index (χ2n) is 7.47. The molecule has 0 amide bonds. The summed E-state index contributed by atoms with van der Waals surface area (Å²) >= 11 is 0. The van der Waals surface area contributed by atoms with Gasteiger partial charge in [0.15, 0.2) is 0 Å². The van der Waals surface area contributed by atoms with Gasteiger partial charge in [0, 0.05) is 12.1 Å². The summed E-state index contributed by atoms with van der Waals surface area (Å²) in [5.41, 5.74) is 0.0713. The predicted octanol–water partition coefficient (Wildman–Crippen LogP) is 4.10. The van der Waals surface area contributed by atoms with Gasteiger partial charge >= 0.3 is 5.97 Å². The number of phenolic OH excluding ortho intramolecular Hbond substituents is 1. The summed E-state index contributed by atoms with van der Waals surface area (Å²) in [5.74, 6) is 0.162. The number of aromatic hydroxyl groups is 1. The molecule has 2 aromatic carbocycles. The van der Waals surface area contributed by atoms with E-state index in [1.165, 1.54) is 18.4 Å². The lowest BCUT2D eigenvalue weighted by atomic mass is 9.98. The zero-order valence-corrected chi connectivity index (χ0v) is 16.6. The van der Waals surface area contributed by atoms with Crippen LogP contribution in [0.2, 0.25) is 0 Å². The molecule has 1 heterocycles. The van der Waals surface area contributed by atoms with Gasteiger partial charge in [0.2, 0.25) is 12.2 Å². The maximum atomic E-state index is 12.9. The highest BCUT2D eigenvalue weighted by atomic mass is 16.7. The van der Waals surface area contributed by atoms with E-state index in [-0.39, 0.29) is 34.7 Å². The first-order chi connectivity index (χ1) is 13.7. The molecule has 0 fully saturated rings. The largest absolute Gasteiger partial charge is 0.507 e. The van der Waals surface area contributed by atoms with E-state index < -0.39 is 11.4 Å². The van der Waals surface area contributed by atoms with Crippen molar-refractivity contribution < 1.29 is 28.5 Å². The second kappa shape index (κ2) is 7.87. The number of fused-ring (bicyclic) bond motifs is 1. The molecule has 1 aromatic heterocycles. The van der Waals surface area contributed by atoms with Crippen molar-refractivity contribution in [3.63, 3.8) is 0 Å². The zero-order valence-electron chi connectivity index (χ0n) is 16.6. The van der Waals surface area contributed by atoms with Crippen molar-refractivity contribution in [2.45, 2.75) is 20.8 Å². The first kappa shape index (κ1) is 20.3. The maximum Gasteiger partial charge on any atom is 0.314 e. The number of hydrogen-bond acceptors (Lipinski definition) is 7. The Kier molecular flexibility index (Phi) is 5.50. The first-order valence-corrected chi connectivity index (χ1v) is 8.93. The van der Waals surface area contributed by atoms with Crippen LogP contribution in [0.25, 0.3) is 22.1 Å². The highest BCUT2D eigenvalue weighted by Gasteiger charge is 2.23. The lowest BCUT2D eigenvalue weighted by Crippen LogP contribution is -2.24. The predicted molar refractivity (Wildman–Crippen MR) is 107 cm³/mol. The third kappa shape index (κ3) is 4.34. The Hall–Kier alpha value is -3.48. The summed E-state index contributed by atoms with van der Waals surface area (Å²) in [6.45, 7) is 4.86. The average Bonchev–Trinajstić information content (AvgIpc) is 2.67. The maximum absolute atomic E-state index is 12.9. The van der Waals surface area contributed by atoms with Crippen molar-refractivity contribution in [2.24, 2.45) is 5.41 Å². The highest BCUT2D eigenvalue weighted by Crippen LogP contribution is 2.31. The number of ether oxygens (including phenoxy) is 3. The molecule has 0 spiro atoms. The van der Waals surface area contributed by atoms with Crippen molar-refractivity contribution in [1.82, 2.24) is 0 Å². The Bertz CT molecular complexity index is 1090. The molecule has 7 nitrogen and oxygen atoms in total. The minimum absolute atomic E-state index is 0.0392. The summed E-state index contributed by atoms with van der Waals surface area (Å²) in [6.07, 6.45) is 1.33. The van der Waals surface area contributed by atoms with Gasteiger partial charge in [-0.3, -0.25) is 9.59 Å². The molecule has 1 N–H and O–H groups in total. The van der Waals surface area contributed by atoms with Crippen LogP contribution in [0.15, 0.2) is 51.9 Å². The molecule has 0 bridgehead atoms. The van der Waals surface area contributed by atoms with E-state index in [9.17, 15) is 14.7 Å². The molecule has 0 aliphatic carbocycles. The van der Waals surface area contributed by atoms with Crippen LogP contribution in [-0.4, -0.2) is 25.0 Å². The summed E-state index contributed by atoms with van der Waals surface area (Å²) in [4.78, 5) is 24.6. The van der Waals surface area contributed by atoms with Crippen molar-refractivity contribution in [3.8, 4) is 28.4 Å². The molecule has 0 aliphatic rings. The fourth-order valence-electron chi connectivity index (χ4n) is 2.63. The van der Waals surface area contributed by atoms with E-state index in [0.717, 1.165) is 0 Å². The molecule has 7 heteroatoms. The third-order valence-corrected chi connectivity index (χ3v) is 4.26. The van der Waals surface area contributed by atoms with Crippen LogP contribution in [0, 0.1) is 5.41 Å². The molecule has 0 aliphatic heterocycles. The lowest BCUT2D eigenvalue weighted by Gasteiger charge is -2.16. The summed E-state index contributed by atoms with van der Waals surface area (Å²) in [6, 6.07) is 9.66. The molecule has 0 radical (unpaired) electrons. The normalized spacial score (nSPS) is 11.3. The number of phenols is 1. The highest BCUT2D eigenvalue weighted by molar-refractivity contribution is 5.88. The number of carbonyl (C=O) groups excluding carboxylic acids is 1. The van der Waals surface area contributed by atoms with E-state index in [2.05, 4.69) is 0 Å². The Morgan fingerprint density at radius 1 is 1.10 bits per heavy atom. The fraction of sp³-hybridized carbons (Fsp3) is 0.273. The van der Waals surface area contributed by atoms with E-state index in [4.69, 9.17) is 18.6 Å². The number of benzene rings is 2. The van der Waals surface area contributed by atoms with Crippen molar-refractivity contribution in [2.75, 3.05) is 13.9 Å². The Morgan fingerprint density at radius 2 is 1.79 bits per heavy atom. The van der Waals surface area contributed by atoms with Crippen LogP contribution in [0.1, 0.15) is 20.8 Å². The molecule has 0 unspecified atom stereocenters. The van der Waals surface area contributed by atoms with Gasteiger partial charge in [-0.1, -0.05) is 12.1 Å². The monoisotopic (exact) mass is 398 g/mol. The topological polar surface area (TPSA) is 95.2 Å². The van der Waals surface area contributed by atoms with Gasteiger partial charge in [-0.2, -0.15) is 0 Å². The van der Waals surface area contributed by atoms with E-state index >= 15 is 0 Å². The lowest BCUT2D eigenvalue weighted by molar-refractivity contribution is -0.159. The zero-order chi connectivity index (χ0) is 21.2. The molecule has 0 atom stereocenters. The van der Waals surface area contributed by atoms with E-state index in [0.29, 0.717) is 16.9 Å². The van der Waals surface area contributed by atoms with Crippen LogP contribution in [-0.2, 0) is 9.53 Å². The molecule has 0 saturated heterocycles. The number of esters is 1. The second-order valence-corrected chi connectivity index (χ2v) is 7.47. The van der Waals surface area contributed by atoms with Crippen LogP contribution >= 0.6 is 0 Å². The molecule has 29 heavy (non-hydrogen) atoms. The van der Waals surface area contributed by atoms with Gasteiger partial charge in [-0.15, -0.1) is 0 Å². The Balaban J connectivity index is 1.87. The van der Waals surface area contributed by atoms with Crippen molar-refractivity contribution >= 4 is 16.9 Å². The number of hydrogen-bond donors (Lipinski definition) is 1. The van der Waals surface area contributed by atoms with Gasteiger partial charge in [-0.05, 0) is 38.5 Å². The molecule has 152 valence electrons. The van der Waals surface area contributed by atoms with Gasteiger partial charge < -0.3 is 23.7 Å². The van der Waals surface area contributed by atoms with Gasteiger partial charge in [0.05, 0.1) is 18.1 Å². The van der Waals surface area contributed by atoms with Crippen LogP contribution < -0.4 is 14.9 Å². The summed E-state index contributed by atoms with van der Waals surface area (Å²) < 4.78 is 21.1. The van der Waals surface area contributed by atoms with E-state index in [1.807, 2.05) is 0 Å². The Morgan fingerprint density at radius 3 is 2.41 bits per heavy atom. The number of rotatable bonds is 5. The minimum Gasteiger partial charge on any atom is -0.507 e. The standard InChI is InChI=1S/C22H22O7/c1-22(2,3)21(25)29-12-28-15-9-17(23)19-18(10-15)27-11-16(20(19)24)13-5-7-14(26-4)8-6-13/h5-11,23H,12H2,1-4H3. The molecule has 0 saturated carbocycles. The molecular formula is C22H22O7. The van der Waals surface area contributed by atoms with E-state index in [1.54, 1.807) is 52.1 Å². The Labute approximate surface area is 167 Å². The number of carbonyl (C=O) groups is 1. The van der Waals surface area contributed by atoms with Crippen LogP contribution in [0.5, 0.6) is 17.2 Å². The van der Waals surface area contributed by atoms with Gasteiger partial charge in [-0.25, -0.2) is 0 Å². The molecule has 3 rings (SSSR count). The molecule has 3 aromatic rings.